The minimum atomic E-state index is -0.568. The summed E-state index contributed by atoms with van der Waals surface area (Å²) < 4.78 is 5.23. The van der Waals surface area contributed by atoms with Crippen molar-refractivity contribution in [1.82, 2.24) is 10.3 Å². The molecule has 10 heteroatoms. The third-order valence-corrected chi connectivity index (χ3v) is 8.24. The molecule has 0 aliphatic rings. The summed E-state index contributed by atoms with van der Waals surface area (Å²) in [5.74, 6) is -0.459. The largest absolute Gasteiger partial charge is 0.497 e. The van der Waals surface area contributed by atoms with E-state index in [9.17, 15) is 14.4 Å². The fourth-order valence-corrected chi connectivity index (χ4v) is 5.76. The zero-order valence-electron chi connectivity index (χ0n) is 23.6. The van der Waals surface area contributed by atoms with E-state index in [0.717, 1.165) is 10.5 Å². The molecule has 4 aromatic carbocycles. The Morgan fingerprint density at radius 3 is 2.27 bits per heavy atom. The van der Waals surface area contributed by atoms with E-state index in [4.69, 9.17) is 4.74 Å². The predicted molar refractivity (Wildman–Crippen MR) is 176 cm³/mol. The molecule has 3 amide bonds. The van der Waals surface area contributed by atoms with Gasteiger partial charge in [0.15, 0.2) is 5.13 Å². The molecular weight excluding hydrogens is 593 g/mol. The van der Waals surface area contributed by atoms with Crippen LogP contribution in [0.25, 0.3) is 6.08 Å². The van der Waals surface area contributed by atoms with E-state index in [1.807, 2.05) is 42.5 Å². The smallest absolute Gasteiger partial charge is 0.272 e. The van der Waals surface area contributed by atoms with Crippen LogP contribution in [-0.4, -0.2) is 29.8 Å². The Hall–Kier alpha value is -5.19. The molecule has 0 aliphatic carbocycles. The standard InChI is InChI=1S/C34H28N4O4S2/c1-42-27-17-15-23(16-18-27)21-29(37-31(39)25-11-6-3-7-12-25)32(40)36-26-13-8-14-28(22-26)44-30(24-9-4-2-5-10-24)33(41)38-34-35-19-20-43-34/h2-22,30H,1H3,(H,36,40)(H,37,39)(H,35,38,41)/b29-21+. The number of nitrogens with one attached hydrogen (secondary N) is 3. The summed E-state index contributed by atoms with van der Waals surface area (Å²) >= 11 is 2.70. The van der Waals surface area contributed by atoms with Gasteiger partial charge < -0.3 is 20.7 Å². The van der Waals surface area contributed by atoms with Crippen LogP contribution in [0.5, 0.6) is 5.75 Å². The molecular formula is C34H28N4O4S2. The minimum Gasteiger partial charge on any atom is -0.497 e. The number of rotatable bonds is 11. The van der Waals surface area contributed by atoms with Crippen molar-refractivity contribution in [2.24, 2.45) is 0 Å². The summed E-state index contributed by atoms with van der Waals surface area (Å²) in [7, 11) is 1.58. The molecule has 0 aliphatic heterocycles. The first-order valence-electron chi connectivity index (χ1n) is 13.5. The van der Waals surface area contributed by atoms with Crippen molar-refractivity contribution in [2.75, 3.05) is 17.7 Å². The van der Waals surface area contributed by atoms with Gasteiger partial charge in [0.2, 0.25) is 5.91 Å². The van der Waals surface area contributed by atoms with E-state index in [2.05, 4.69) is 20.9 Å². The molecule has 44 heavy (non-hydrogen) atoms. The lowest BCUT2D eigenvalue weighted by atomic mass is 10.1. The lowest BCUT2D eigenvalue weighted by Gasteiger charge is -2.17. The van der Waals surface area contributed by atoms with E-state index in [1.165, 1.54) is 23.1 Å². The van der Waals surface area contributed by atoms with Crippen LogP contribution in [0, 0.1) is 0 Å². The molecule has 1 heterocycles. The van der Waals surface area contributed by atoms with Gasteiger partial charge in [0.1, 0.15) is 16.7 Å². The Bertz CT molecular complexity index is 1740. The first kappa shape index (κ1) is 30.3. The van der Waals surface area contributed by atoms with Gasteiger partial charge in [-0.3, -0.25) is 14.4 Å². The topological polar surface area (TPSA) is 109 Å². The Labute approximate surface area is 263 Å². The molecule has 0 saturated heterocycles. The number of aromatic nitrogens is 1. The normalized spacial score (nSPS) is 11.7. The number of ether oxygens (including phenoxy) is 1. The summed E-state index contributed by atoms with van der Waals surface area (Å²) in [6, 6.07) is 32.5. The molecule has 220 valence electrons. The molecule has 1 unspecified atom stereocenters. The maximum absolute atomic E-state index is 13.6. The molecule has 0 bridgehead atoms. The van der Waals surface area contributed by atoms with Gasteiger partial charge >= 0.3 is 0 Å². The van der Waals surface area contributed by atoms with Crippen LogP contribution in [-0.2, 0) is 9.59 Å². The van der Waals surface area contributed by atoms with Crippen LogP contribution in [0.2, 0.25) is 0 Å². The lowest BCUT2D eigenvalue weighted by molar-refractivity contribution is -0.116. The maximum Gasteiger partial charge on any atom is 0.272 e. The van der Waals surface area contributed by atoms with Gasteiger partial charge in [0.25, 0.3) is 11.8 Å². The van der Waals surface area contributed by atoms with Gasteiger partial charge in [-0.15, -0.1) is 23.1 Å². The van der Waals surface area contributed by atoms with Crippen LogP contribution >= 0.6 is 23.1 Å². The van der Waals surface area contributed by atoms with E-state index in [0.29, 0.717) is 27.7 Å². The van der Waals surface area contributed by atoms with Crippen LogP contribution in [0.15, 0.2) is 131 Å². The number of benzene rings is 4. The van der Waals surface area contributed by atoms with Gasteiger partial charge in [-0.1, -0.05) is 66.7 Å². The van der Waals surface area contributed by atoms with Crippen molar-refractivity contribution in [1.29, 1.82) is 0 Å². The fourth-order valence-electron chi connectivity index (χ4n) is 4.15. The van der Waals surface area contributed by atoms with E-state index >= 15 is 0 Å². The summed E-state index contributed by atoms with van der Waals surface area (Å²) in [5.41, 5.74) is 2.51. The fraction of sp³-hybridized carbons (Fsp3) is 0.0588. The molecule has 0 radical (unpaired) electrons. The third kappa shape index (κ3) is 8.21. The highest BCUT2D eigenvalue weighted by Gasteiger charge is 2.23. The second-order valence-electron chi connectivity index (χ2n) is 9.37. The molecule has 5 rings (SSSR count). The van der Waals surface area contributed by atoms with Gasteiger partial charge in [0, 0.05) is 27.7 Å². The number of anilines is 2. The lowest BCUT2D eigenvalue weighted by Crippen LogP contribution is -2.30. The SMILES string of the molecule is COc1ccc(/C=C(/NC(=O)c2ccccc2)C(=O)Nc2cccc(SC(C(=O)Nc3nccs3)c3ccccc3)c2)cc1. The van der Waals surface area contributed by atoms with Crippen LogP contribution in [0.3, 0.4) is 0 Å². The quantitative estimate of drug-likeness (QED) is 0.108. The van der Waals surface area contributed by atoms with E-state index < -0.39 is 17.1 Å². The van der Waals surface area contributed by atoms with Crippen LogP contribution in [0.4, 0.5) is 10.8 Å². The van der Waals surface area contributed by atoms with E-state index in [1.54, 1.807) is 91.5 Å². The maximum atomic E-state index is 13.6. The van der Waals surface area contributed by atoms with Crippen molar-refractivity contribution in [2.45, 2.75) is 10.1 Å². The number of hydrogen-bond acceptors (Lipinski definition) is 7. The number of thioether (sulfide) groups is 1. The number of amides is 3. The number of nitrogens with zero attached hydrogens (tertiary/aromatic N) is 1. The van der Waals surface area contributed by atoms with Gasteiger partial charge in [-0.05, 0) is 59.7 Å². The van der Waals surface area contributed by atoms with Crippen molar-refractivity contribution < 1.29 is 19.1 Å². The summed E-state index contributed by atoms with van der Waals surface area (Å²) in [6.07, 6.45) is 3.24. The summed E-state index contributed by atoms with van der Waals surface area (Å²) in [5, 5.41) is 10.3. The molecule has 5 aromatic rings. The Balaban J connectivity index is 1.37. The highest BCUT2D eigenvalue weighted by atomic mass is 32.2. The molecule has 3 N–H and O–H groups in total. The van der Waals surface area contributed by atoms with Crippen molar-refractivity contribution in [3.63, 3.8) is 0 Å². The second-order valence-corrected chi connectivity index (χ2v) is 11.4. The third-order valence-electron chi connectivity index (χ3n) is 6.30. The van der Waals surface area contributed by atoms with Gasteiger partial charge in [-0.25, -0.2) is 4.98 Å². The Kier molecular flexibility index (Phi) is 10.2. The number of hydrogen-bond donors (Lipinski definition) is 3. The average molecular weight is 621 g/mol. The zero-order chi connectivity index (χ0) is 30.7. The minimum absolute atomic E-state index is 0.0621. The van der Waals surface area contributed by atoms with Gasteiger partial charge in [-0.2, -0.15) is 0 Å². The first-order valence-corrected chi connectivity index (χ1v) is 15.3. The Morgan fingerprint density at radius 2 is 1.59 bits per heavy atom. The molecule has 0 spiro atoms. The van der Waals surface area contributed by atoms with Crippen molar-refractivity contribution in [3.05, 3.63) is 143 Å². The molecule has 0 saturated carbocycles. The Morgan fingerprint density at radius 1 is 0.864 bits per heavy atom. The highest BCUT2D eigenvalue weighted by molar-refractivity contribution is 8.00. The average Bonchev–Trinajstić information content (AvgIpc) is 3.57. The summed E-state index contributed by atoms with van der Waals surface area (Å²) in [4.78, 5) is 44.8. The summed E-state index contributed by atoms with van der Waals surface area (Å²) in [6.45, 7) is 0. The van der Waals surface area contributed by atoms with Crippen molar-refractivity contribution in [3.8, 4) is 5.75 Å². The predicted octanol–water partition coefficient (Wildman–Crippen LogP) is 7.03. The van der Waals surface area contributed by atoms with Gasteiger partial charge in [0.05, 0.1) is 7.11 Å². The first-order chi connectivity index (χ1) is 21.5. The second kappa shape index (κ2) is 14.8. The van der Waals surface area contributed by atoms with Crippen LogP contribution < -0.4 is 20.7 Å². The molecule has 1 atom stereocenters. The monoisotopic (exact) mass is 620 g/mol. The molecule has 8 nitrogen and oxygen atoms in total. The number of carbonyl (C=O) groups is 3. The van der Waals surface area contributed by atoms with Crippen molar-refractivity contribution >= 4 is 57.7 Å². The highest BCUT2D eigenvalue weighted by Crippen LogP contribution is 2.37. The molecule has 0 fully saturated rings. The number of methoxy groups -OCH3 is 1. The molecule has 1 aromatic heterocycles. The zero-order valence-corrected chi connectivity index (χ0v) is 25.2. The van der Waals surface area contributed by atoms with E-state index in [-0.39, 0.29) is 11.6 Å². The number of carbonyl (C=O) groups excluding carboxylic acids is 3. The number of thiazole rings is 1. The van der Waals surface area contributed by atoms with Crippen LogP contribution in [0.1, 0.15) is 26.7 Å².